The van der Waals surface area contributed by atoms with Crippen molar-refractivity contribution in [3.63, 3.8) is 0 Å². The maximum atomic E-state index is 5.65. The summed E-state index contributed by atoms with van der Waals surface area (Å²) in [6.45, 7) is 9.97. The second-order valence-corrected chi connectivity index (χ2v) is 4.45. The van der Waals surface area contributed by atoms with Gasteiger partial charge in [-0.3, -0.25) is 0 Å². The molecule has 13 heavy (non-hydrogen) atoms. The lowest BCUT2D eigenvalue weighted by Gasteiger charge is -2.21. The largest absolute Gasteiger partial charge is 0.330 e. The lowest BCUT2D eigenvalue weighted by Crippen LogP contribution is -2.27. The van der Waals surface area contributed by atoms with Gasteiger partial charge in [0.05, 0.1) is 0 Å². The third-order valence-electron chi connectivity index (χ3n) is 2.51. The second-order valence-electron chi connectivity index (χ2n) is 4.45. The Labute approximate surface area is 83.5 Å². The fraction of sp³-hybridized carbons (Fsp3) is 1.00. The van der Waals surface area contributed by atoms with E-state index in [0.717, 1.165) is 18.4 Å². The van der Waals surface area contributed by atoms with E-state index >= 15 is 0 Å². The van der Waals surface area contributed by atoms with Crippen LogP contribution in [0, 0.1) is 11.8 Å². The van der Waals surface area contributed by atoms with Crippen LogP contribution in [-0.4, -0.2) is 31.6 Å². The summed E-state index contributed by atoms with van der Waals surface area (Å²) < 4.78 is 0. The quantitative estimate of drug-likeness (QED) is 0.658. The molecule has 0 radical (unpaired) electrons. The van der Waals surface area contributed by atoms with Gasteiger partial charge >= 0.3 is 0 Å². The van der Waals surface area contributed by atoms with Crippen LogP contribution < -0.4 is 5.73 Å². The van der Waals surface area contributed by atoms with Crippen LogP contribution in [0.15, 0.2) is 0 Å². The molecule has 0 aromatic carbocycles. The van der Waals surface area contributed by atoms with Gasteiger partial charge < -0.3 is 10.6 Å². The van der Waals surface area contributed by atoms with E-state index in [1.807, 2.05) is 0 Å². The predicted octanol–water partition coefficient (Wildman–Crippen LogP) is 1.95. The zero-order chi connectivity index (χ0) is 10.3. The second kappa shape index (κ2) is 7.34. The maximum Gasteiger partial charge on any atom is 0.000133 e. The van der Waals surface area contributed by atoms with E-state index in [1.165, 1.54) is 25.9 Å². The summed E-state index contributed by atoms with van der Waals surface area (Å²) in [5.74, 6) is 1.48. The first-order valence-corrected chi connectivity index (χ1v) is 5.48. The van der Waals surface area contributed by atoms with Gasteiger partial charge in [0.1, 0.15) is 0 Å². The summed E-state index contributed by atoms with van der Waals surface area (Å²) in [5, 5.41) is 0. The van der Waals surface area contributed by atoms with Crippen LogP contribution >= 0.6 is 0 Å². The average molecular weight is 186 g/mol. The Kier molecular flexibility index (Phi) is 7.29. The summed E-state index contributed by atoms with van der Waals surface area (Å²) in [4.78, 5) is 2.41. The van der Waals surface area contributed by atoms with Crippen molar-refractivity contribution in [3.05, 3.63) is 0 Å². The zero-order valence-electron chi connectivity index (χ0n) is 9.71. The molecule has 0 heterocycles. The molecule has 1 atom stereocenters. The van der Waals surface area contributed by atoms with Gasteiger partial charge in [-0.25, -0.2) is 0 Å². The van der Waals surface area contributed by atoms with E-state index in [2.05, 4.69) is 32.7 Å². The topological polar surface area (TPSA) is 29.3 Å². The van der Waals surface area contributed by atoms with E-state index < -0.39 is 0 Å². The van der Waals surface area contributed by atoms with Crippen molar-refractivity contribution in [2.45, 2.75) is 33.6 Å². The van der Waals surface area contributed by atoms with Gasteiger partial charge in [0, 0.05) is 6.54 Å². The lowest BCUT2D eigenvalue weighted by atomic mass is 10.0. The number of hydrogen-bond donors (Lipinski definition) is 1. The van der Waals surface area contributed by atoms with Crippen molar-refractivity contribution in [3.8, 4) is 0 Å². The van der Waals surface area contributed by atoms with Gasteiger partial charge in [0.15, 0.2) is 0 Å². The molecule has 0 saturated heterocycles. The average Bonchev–Trinajstić information content (AvgIpc) is 2.05. The van der Waals surface area contributed by atoms with Gasteiger partial charge in [-0.15, -0.1) is 0 Å². The van der Waals surface area contributed by atoms with Gasteiger partial charge in [-0.05, 0) is 38.4 Å². The van der Waals surface area contributed by atoms with E-state index in [0.29, 0.717) is 0 Å². The minimum absolute atomic E-state index is 0.717. The lowest BCUT2D eigenvalue weighted by molar-refractivity contribution is 0.270. The smallest absolute Gasteiger partial charge is 0.000133 e. The summed E-state index contributed by atoms with van der Waals surface area (Å²) in [7, 11) is 2.20. The number of nitrogens with zero attached hydrogens (tertiary/aromatic N) is 1. The Morgan fingerprint density at radius 2 is 1.92 bits per heavy atom. The van der Waals surface area contributed by atoms with Crippen LogP contribution in [0.3, 0.4) is 0 Å². The molecule has 0 aliphatic heterocycles. The van der Waals surface area contributed by atoms with E-state index in [4.69, 9.17) is 5.73 Å². The van der Waals surface area contributed by atoms with Crippen LogP contribution in [0.25, 0.3) is 0 Å². The third kappa shape index (κ3) is 7.03. The summed E-state index contributed by atoms with van der Waals surface area (Å²) in [6.07, 6.45) is 2.46. The summed E-state index contributed by atoms with van der Waals surface area (Å²) in [5.41, 5.74) is 5.65. The fourth-order valence-corrected chi connectivity index (χ4v) is 1.61. The molecule has 2 N–H and O–H groups in total. The summed E-state index contributed by atoms with van der Waals surface area (Å²) >= 11 is 0. The first kappa shape index (κ1) is 12.9. The zero-order valence-corrected chi connectivity index (χ0v) is 9.71. The molecular formula is C11H26N2. The molecule has 2 nitrogen and oxygen atoms in total. The van der Waals surface area contributed by atoms with Crippen LogP contribution in [0.5, 0.6) is 0 Å². The molecule has 0 rings (SSSR count). The van der Waals surface area contributed by atoms with Crippen molar-refractivity contribution in [1.29, 1.82) is 0 Å². The van der Waals surface area contributed by atoms with Crippen LogP contribution in [0.4, 0.5) is 0 Å². The Balaban J connectivity index is 3.49. The first-order chi connectivity index (χ1) is 6.10. The number of hydrogen-bond acceptors (Lipinski definition) is 2. The van der Waals surface area contributed by atoms with E-state index in [9.17, 15) is 0 Å². The molecule has 2 heteroatoms. The van der Waals surface area contributed by atoms with Crippen LogP contribution in [-0.2, 0) is 0 Å². The Morgan fingerprint density at radius 1 is 1.31 bits per heavy atom. The Hall–Kier alpha value is -0.0800. The highest BCUT2D eigenvalue weighted by Crippen LogP contribution is 2.07. The molecule has 0 fully saturated rings. The molecule has 0 saturated carbocycles. The number of rotatable bonds is 7. The fourth-order valence-electron chi connectivity index (χ4n) is 1.61. The van der Waals surface area contributed by atoms with Crippen molar-refractivity contribution >= 4 is 0 Å². The standard InChI is InChI=1S/C11H26N2/c1-5-11(8-12)6-7-13(4)9-10(2)3/h10-11H,5-9,12H2,1-4H3. The molecule has 0 spiro atoms. The minimum atomic E-state index is 0.717. The maximum absolute atomic E-state index is 5.65. The molecule has 0 bridgehead atoms. The highest BCUT2D eigenvalue weighted by molar-refractivity contribution is 4.61. The highest BCUT2D eigenvalue weighted by Gasteiger charge is 2.06. The van der Waals surface area contributed by atoms with E-state index in [-0.39, 0.29) is 0 Å². The molecule has 80 valence electrons. The molecular weight excluding hydrogens is 160 g/mol. The van der Waals surface area contributed by atoms with Crippen molar-refractivity contribution in [2.24, 2.45) is 17.6 Å². The van der Waals surface area contributed by atoms with Crippen molar-refractivity contribution < 1.29 is 0 Å². The first-order valence-electron chi connectivity index (χ1n) is 5.48. The third-order valence-corrected chi connectivity index (χ3v) is 2.51. The van der Waals surface area contributed by atoms with Crippen LogP contribution in [0.1, 0.15) is 33.6 Å². The molecule has 0 aliphatic rings. The molecule has 1 unspecified atom stereocenters. The minimum Gasteiger partial charge on any atom is -0.330 e. The molecule has 0 aliphatic carbocycles. The SMILES string of the molecule is CCC(CN)CCN(C)CC(C)C. The van der Waals surface area contributed by atoms with E-state index in [1.54, 1.807) is 0 Å². The van der Waals surface area contributed by atoms with Gasteiger partial charge in [-0.1, -0.05) is 27.2 Å². The number of nitrogens with two attached hydrogens (primary N) is 1. The predicted molar refractivity (Wildman–Crippen MR) is 59.8 cm³/mol. The van der Waals surface area contributed by atoms with Crippen molar-refractivity contribution in [2.75, 3.05) is 26.7 Å². The molecule has 0 aromatic rings. The Morgan fingerprint density at radius 3 is 2.31 bits per heavy atom. The Bertz CT molecular complexity index is 109. The monoisotopic (exact) mass is 186 g/mol. The van der Waals surface area contributed by atoms with Gasteiger partial charge in [0.25, 0.3) is 0 Å². The highest BCUT2D eigenvalue weighted by atomic mass is 15.1. The van der Waals surface area contributed by atoms with Gasteiger partial charge in [-0.2, -0.15) is 0 Å². The van der Waals surface area contributed by atoms with Crippen molar-refractivity contribution in [1.82, 2.24) is 4.90 Å². The van der Waals surface area contributed by atoms with Gasteiger partial charge in [0.2, 0.25) is 0 Å². The van der Waals surface area contributed by atoms with Crippen LogP contribution in [0.2, 0.25) is 0 Å². The molecule has 0 aromatic heterocycles. The normalized spacial score (nSPS) is 14.1. The molecule has 0 amide bonds. The summed E-state index contributed by atoms with van der Waals surface area (Å²) in [6, 6.07) is 0.